The number of aromatic nitrogens is 5. The van der Waals surface area contributed by atoms with Crippen molar-refractivity contribution in [2.75, 3.05) is 19.5 Å². The Morgan fingerprint density at radius 2 is 1.83 bits per heavy atom. The number of hydrogen-bond acceptors (Lipinski definition) is 9. The second-order valence-electron chi connectivity index (χ2n) is 5.89. The second kappa shape index (κ2) is 8.44. The van der Waals surface area contributed by atoms with Crippen molar-refractivity contribution in [2.45, 2.75) is 24.8 Å². The van der Waals surface area contributed by atoms with Gasteiger partial charge in [0.25, 0.3) is 16.0 Å². The predicted molar refractivity (Wildman–Crippen MR) is 101 cm³/mol. The molecule has 0 aliphatic rings. The molecule has 0 spiro atoms. The number of imidazole rings is 1. The largest absolute Gasteiger partial charge is 0.481 e. The Morgan fingerprint density at radius 3 is 2.43 bits per heavy atom. The lowest BCUT2D eigenvalue weighted by Crippen LogP contribution is -2.36. The number of aryl methyl sites for hydroxylation is 1. The number of carbonyl (C=O) groups is 1. The van der Waals surface area contributed by atoms with Crippen molar-refractivity contribution in [3.05, 3.63) is 29.8 Å². The maximum Gasteiger partial charge on any atom is 0.335 e. The van der Waals surface area contributed by atoms with E-state index in [0.717, 1.165) is 10.9 Å². The van der Waals surface area contributed by atoms with E-state index >= 15 is 0 Å². The van der Waals surface area contributed by atoms with Gasteiger partial charge in [0.15, 0.2) is 5.65 Å². The highest BCUT2D eigenvalue weighted by Crippen LogP contribution is 2.19. The van der Waals surface area contributed by atoms with Crippen LogP contribution in [0.1, 0.15) is 19.0 Å². The van der Waals surface area contributed by atoms with Crippen molar-refractivity contribution in [1.29, 1.82) is 0 Å². The Kier molecular flexibility index (Phi) is 5.96. The summed E-state index contributed by atoms with van der Waals surface area (Å²) < 4.78 is 52.0. The summed E-state index contributed by atoms with van der Waals surface area (Å²) >= 11 is 0. The molecule has 3 rings (SSSR count). The summed E-state index contributed by atoms with van der Waals surface area (Å²) in [7, 11) is -2.00. The van der Waals surface area contributed by atoms with Crippen LogP contribution < -0.4 is 19.5 Å². The topological polar surface area (TPSA) is 150 Å². The van der Waals surface area contributed by atoms with Gasteiger partial charge in [0.1, 0.15) is 0 Å². The number of ether oxygens (including phenoxy) is 2. The first-order valence-electron chi connectivity index (χ1n) is 8.62. The molecule has 2 amide bonds. The summed E-state index contributed by atoms with van der Waals surface area (Å²) in [5.74, 6) is -1.45. The minimum atomic E-state index is -4.67. The lowest BCUT2D eigenvalue weighted by molar-refractivity contribution is 0.256. The zero-order valence-electron chi connectivity index (χ0n) is 16.2. The molecule has 0 aromatic carbocycles. The number of anilines is 1. The first-order valence-corrected chi connectivity index (χ1v) is 10.1. The minimum Gasteiger partial charge on any atom is -0.481 e. The van der Waals surface area contributed by atoms with Gasteiger partial charge in [0, 0.05) is 0 Å². The van der Waals surface area contributed by atoms with Gasteiger partial charge in [-0.15, -0.1) is 0 Å². The van der Waals surface area contributed by atoms with Crippen LogP contribution in [-0.4, -0.2) is 53.2 Å². The molecule has 0 saturated heterocycles. The third-order valence-electron chi connectivity index (χ3n) is 3.76. The van der Waals surface area contributed by atoms with Crippen molar-refractivity contribution in [3.63, 3.8) is 0 Å². The molecule has 30 heavy (non-hydrogen) atoms. The number of urea groups is 1. The Hall–Kier alpha value is -3.55. The number of fused-ring (bicyclic) bond motifs is 1. The third-order valence-corrected chi connectivity index (χ3v) is 5.07. The number of halogens is 1. The molecule has 0 atom stereocenters. The zero-order chi connectivity index (χ0) is 21.9. The molecule has 3 aromatic rings. The number of nitrogens with one attached hydrogen (secondary N) is 2. The number of sulfonamides is 1. The van der Waals surface area contributed by atoms with E-state index in [9.17, 15) is 17.6 Å². The summed E-state index contributed by atoms with van der Waals surface area (Å²) in [6.07, 6.45) is 1.31. The van der Waals surface area contributed by atoms with Gasteiger partial charge in [0.2, 0.25) is 22.7 Å². The van der Waals surface area contributed by atoms with Crippen LogP contribution in [-0.2, 0) is 16.4 Å². The standard InChI is InChI=1S/C16H18FN7O5S/c1-4-5-9-6-7-10-18-13(17)14(24(10)22-9)30(26,27)23-16(25)21-15-19-11(28-2)8-12(20-15)29-3/h6-8H,4-5H2,1-3H3,(H2,19,20,21,23,25). The second-order valence-corrected chi connectivity index (χ2v) is 7.49. The van der Waals surface area contributed by atoms with E-state index in [1.54, 1.807) is 10.8 Å². The quantitative estimate of drug-likeness (QED) is 0.552. The summed E-state index contributed by atoms with van der Waals surface area (Å²) in [6.45, 7) is 1.92. The van der Waals surface area contributed by atoms with E-state index in [0.29, 0.717) is 12.1 Å². The number of methoxy groups -OCH3 is 2. The molecular formula is C16H18FN7O5S. The molecule has 2 N–H and O–H groups in total. The summed E-state index contributed by atoms with van der Waals surface area (Å²) in [4.78, 5) is 23.4. The van der Waals surface area contributed by atoms with Crippen LogP contribution in [0.25, 0.3) is 5.65 Å². The highest BCUT2D eigenvalue weighted by atomic mass is 32.2. The number of nitrogens with zero attached hydrogens (tertiary/aromatic N) is 5. The fourth-order valence-corrected chi connectivity index (χ4v) is 3.53. The molecular weight excluding hydrogens is 421 g/mol. The van der Waals surface area contributed by atoms with Crippen LogP contribution in [0, 0.1) is 5.95 Å². The Bertz CT molecular complexity index is 1180. The molecule has 3 aromatic heterocycles. The average Bonchev–Trinajstić information content (AvgIpc) is 3.03. The zero-order valence-corrected chi connectivity index (χ0v) is 17.0. The molecule has 0 aliphatic heterocycles. The lowest BCUT2D eigenvalue weighted by atomic mass is 10.2. The van der Waals surface area contributed by atoms with E-state index in [-0.39, 0.29) is 23.4 Å². The highest BCUT2D eigenvalue weighted by molar-refractivity contribution is 7.90. The average molecular weight is 439 g/mol. The number of hydrogen-bond donors (Lipinski definition) is 2. The first-order chi connectivity index (χ1) is 14.3. The molecule has 0 aliphatic carbocycles. The summed E-state index contributed by atoms with van der Waals surface area (Å²) in [5.41, 5.74) is 0.522. The van der Waals surface area contributed by atoms with Crippen molar-refractivity contribution in [3.8, 4) is 11.8 Å². The van der Waals surface area contributed by atoms with Crippen LogP contribution >= 0.6 is 0 Å². The molecule has 14 heteroatoms. The van der Waals surface area contributed by atoms with Crippen LogP contribution in [0.5, 0.6) is 11.8 Å². The Labute approximate surface area is 170 Å². The van der Waals surface area contributed by atoms with Crippen LogP contribution in [0.15, 0.2) is 23.2 Å². The van der Waals surface area contributed by atoms with E-state index in [1.807, 2.05) is 6.92 Å². The fourth-order valence-electron chi connectivity index (χ4n) is 2.50. The summed E-state index contributed by atoms with van der Waals surface area (Å²) in [6, 6.07) is 3.18. The number of carbonyl (C=O) groups excluding carboxylic acids is 1. The van der Waals surface area contributed by atoms with Crippen LogP contribution in [0.3, 0.4) is 0 Å². The van der Waals surface area contributed by atoms with Crippen LogP contribution in [0.2, 0.25) is 0 Å². The lowest BCUT2D eigenvalue weighted by Gasteiger charge is -2.09. The number of rotatable bonds is 7. The minimum absolute atomic E-state index is 0.0194. The molecule has 0 saturated carbocycles. The first kappa shape index (κ1) is 21.2. The normalized spacial score (nSPS) is 11.3. The van der Waals surface area contributed by atoms with Crippen molar-refractivity contribution >= 4 is 27.6 Å². The Morgan fingerprint density at radius 1 is 1.17 bits per heavy atom. The highest BCUT2D eigenvalue weighted by Gasteiger charge is 2.29. The molecule has 12 nitrogen and oxygen atoms in total. The molecule has 160 valence electrons. The maximum atomic E-state index is 14.3. The monoisotopic (exact) mass is 439 g/mol. The van der Waals surface area contributed by atoms with Gasteiger partial charge in [-0.1, -0.05) is 13.3 Å². The third kappa shape index (κ3) is 4.37. The van der Waals surface area contributed by atoms with Gasteiger partial charge in [-0.05, 0) is 18.6 Å². The fraction of sp³-hybridized carbons (Fsp3) is 0.312. The van der Waals surface area contributed by atoms with Gasteiger partial charge < -0.3 is 9.47 Å². The van der Waals surface area contributed by atoms with Gasteiger partial charge in [-0.25, -0.2) is 9.52 Å². The van der Waals surface area contributed by atoms with E-state index < -0.39 is 27.0 Å². The van der Waals surface area contributed by atoms with E-state index in [1.165, 1.54) is 26.4 Å². The summed E-state index contributed by atoms with van der Waals surface area (Å²) in [5, 5.41) is 5.33. The predicted octanol–water partition coefficient (Wildman–Crippen LogP) is 1.14. The van der Waals surface area contributed by atoms with Gasteiger partial charge in [-0.2, -0.15) is 37.4 Å². The van der Waals surface area contributed by atoms with Crippen LogP contribution in [0.4, 0.5) is 15.1 Å². The van der Waals surface area contributed by atoms with E-state index in [2.05, 4.69) is 25.4 Å². The SMILES string of the molecule is CCCc1ccc2nc(F)c(S(=O)(=O)NC(=O)Nc3nc(OC)cc(OC)n3)n2n1. The molecule has 3 heterocycles. The van der Waals surface area contributed by atoms with E-state index in [4.69, 9.17) is 9.47 Å². The molecule has 0 radical (unpaired) electrons. The molecule has 0 fully saturated rings. The van der Waals surface area contributed by atoms with Crippen molar-refractivity contribution in [1.82, 2.24) is 29.3 Å². The smallest absolute Gasteiger partial charge is 0.335 e. The van der Waals surface area contributed by atoms with Gasteiger partial charge in [-0.3, -0.25) is 5.32 Å². The van der Waals surface area contributed by atoms with Crippen molar-refractivity contribution in [2.24, 2.45) is 0 Å². The van der Waals surface area contributed by atoms with Crippen molar-refractivity contribution < 1.29 is 27.1 Å². The number of amides is 2. The molecule has 0 bridgehead atoms. The van der Waals surface area contributed by atoms with Gasteiger partial charge in [0.05, 0.1) is 26.0 Å². The van der Waals surface area contributed by atoms with Gasteiger partial charge >= 0.3 is 6.03 Å². The molecule has 0 unspecified atom stereocenters. The maximum absolute atomic E-state index is 14.3. The Balaban J connectivity index is 1.89.